The minimum absolute atomic E-state index is 0. The second-order valence-corrected chi connectivity index (χ2v) is 10.5. The minimum Gasteiger partial charge on any atom is 4.00 e. The van der Waals surface area contributed by atoms with E-state index >= 15 is 0 Å². The molecule has 0 aliphatic rings. The molecule has 0 aromatic heterocycles. The molecular formula is C17H36FGeHfN3. The Morgan fingerprint density at radius 2 is 0.870 bits per heavy atom. The van der Waals surface area contributed by atoms with E-state index in [1.807, 2.05) is 86.6 Å². The molecule has 0 unspecified atom stereocenters. The van der Waals surface area contributed by atoms with Gasteiger partial charge in [-0.2, -0.15) is 0 Å². The first-order valence-electron chi connectivity index (χ1n) is 7.45. The van der Waals surface area contributed by atoms with Gasteiger partial charge in [0.05, 0.1) is 0 Å². The van der Waals surface area contributed by atoms with Gasteiger partial charge in [0, 0.05) is 0 Å². The van der Waals surface area contributed by atoms with E-state index in [0.717, 1.165) is 4.40 Å². The maximum Gasteiger partial charge on any atom is 4.00 e. The van der Waals surface area contributed by atoms with E-state index < -0.39 is 15.9 Å². The second-order valence-electron chi connectivity index (χ2n) is 8.18. The minimum atomic E-state index is -1.73. The normalized spacial score (nSPS) is 11.2. The summed E-state index contributed by atoms with van der Waals surface area (Å²) in [4.78, 5) is 0. The molecule has 1 aromatic rings. The molecule has 0 aliphatic carbocycles. The van der Waals surface area contributed by atoms with Crippen LogP contribution >= 0.6 is 0 Å². The molecular weight excluding hydrogens is 516 g/mol. The number of halogens is 1. The summed E-state index contributed by atoms with van der Waals surface area (Å²) in [5, 5.41) is 0. The summed E-state index contributed by atoms with van der Waals surface area (Å²) in [7, 11) is 0. The van der Waals surface area contributed by atoms with Crippen LogP contribution in [-0.4, -0.2) is 32.5 Å². The maximum atomic E-state index is 11.7. The Balaban J connectivity index is -0.000000105. The fourth-order valence-electron chi connectivity index (χ4n) is 0.503. The third kappa shape index (κ3) is 104. The SMILES string of the molecule is CC(C)(C)[NH-].CC(C)(C)[NH-].CC(C)(C)[NH-].[F][GeH2][c-]1cccc1.[Hf+4]. The molecule has 6 heteroatoms. The zero-order chi connectivity index (χ0) is 18.6. The van der Waals surface area contributed by atoms with Crippen molar-refractivity contribution >= 4 is 20.3 Å². The third-order valence-electron chi connectivity index (χ3n) is 0.886. The fourth-order valence-corrected chi connectivity index (χ4v) is 1.45. The first-order valence-corrected chi connectivity index (χ1v) is 10.1. The summed E-state index contributed by atoms with van der Waals surface area (Å²) in [5.74, 6) is 0. The van der Waals surface area contributed by atoms with Gasteiger partial charge in [-0.1, -0.05) is 62.3 Å². The van der Waals surface area contributed by atoms with Crippen LogP contribution in [0.2, 0.25) is 0 Å². The molecule has 3 N–H and O–H groups in total. The Morgan fingerprint density at radius 1 is 0.696 bits per heavy atom. The van der Waals surface area contributed by atoms with Gasteiger partial charge in [0.25, 0.3) is 0 Å². The predicted octanol–water partition coefficient (Wildman–Crippen LogP) is 5.59. The summed E-state index contributed by atoms with van der Waals surface area (Å²) < 4.78 is 12.7. The summed E-state index contributed by atoms with van der Waals surface area (Å²) in [6, 6.07) is 7.44. The molecule has 0 atom stereocenters. The summed E-state index contributed by atoms with van der Waals surface area (Å²) >= 11 is -1.73. The molecule has 3 nitrogen and oxygen atoms in total. The van der Waals surface area contributed by atoms with E-state index in [1.54, 1.807) is 0 Å². The van der Waals surface area contributed by atoms with E-state index in [9.17, 15) is 3.50 Å². The van der Waals surface area contributed by atoms with Gasteiger partial charge in [-0.25, -0.2) is 0 Å². The molecule has 0 fully saturated rings. The van der Waals surface area contributed by atoms with Gasteiger partial charge in [0.2, 0.25) is 0 Å². The van der Waals surface area contributed by atoms with Crippen LogP contribution in [0.15, 0.2) is 24.3 Å². The van der Waals surface area contributed by atoms with Gasteiger partial charge in [-0.05, 0) is 0 Å². The topological polar surface area (TPSA) is 71.4 Å². The number of nitrogens with one attached hydrogen (secondary N) is 3. The second kappa shape index (κ2) is 14.9. The van der Waals surface area contributed by atoms with Crippen molar-refractivity contribution in [2.75, 3.05) is 0 Å². The van der Waals surface area contributed by atoms with Crippen molar-refractivity contribution in [3.05, 3.63) is 41.5 Å². The number of hydrogen-bond acceptors (Lipinski definition) is 0. The Morgan fingerprint density at radius 3 is 0.957 bits per heavy atom. The Hall–Kier alpha value is 0.573. The molecule has 23 heavy (non-hydrogen) atoms. The van der Waals surface area contributed by atoms with Gasteiger partial charge in [-0.15, -0.1) is 16.6 Å². The molecule has 0 spiro atoms. The van der Waals surface area contributed by atoms with Crippen LogP contribution in [0.25, 0.3) is 17.2 Å². The van der Waals surface area contributed by atoms with Crippen LogP contribution in [0.4, 0.5) is 3.50 Å². The zero-order valence-electron chi connectivity index (χ0n) is 16.4. The van der Waals surface area contributed by atoms with E-state index in [2.05, 4.69) is 0 Å². The molecule has 1 rings (SSSR count). The molecule has 0 saturated heterocycles. The Labute approximate surface area is 169 Å². The Kier molecular flexibility index (Phi) is 20.3. The molecule has 0 saturated carbocycles. The summed E-state index contributed by atoms with van der Waals surface area (Å²) in [5.41, 5.74) is 20.1. The zero-order valence-corrected chi connectivity index (χ0v) is 23.0. The largest absolute Gasteiger partial charge is 4.00 e. The van der Waals surface area contributed by atoms with Gasteiger partial charge in [-0.3, -0.25) is 0 Å². The van der Waals surface area contributed by atoms with Gasteiger partial charge in [0.1, 0.15) is 0 Å². The van der Waals surface area contributed by atoms with Gasteiger partial charge >= 0.3 is 73.9 Å². The van der Waals surface area contributed by atoms with Crippen molar-refractivity contribution in [2.24, 2.45) is 0 Å². The number of rotatable bonds is 1. The number of hydrogen-bond donors (Lipinski definition) is 0. The summed E-state index contributed by atoms with van der Waals surface area (Å²) in [6.07, 6.45) is 0. The van der Waals surface area contributed by atoms with Crippen LogP contribution in [-0.2, 0) is 25.8 Å². The molecule has 134 valence electrons. The standard InChI is InChI=1S/C5H6FGe.3C4H10N.Hf/c6-7-5-3-1-2-4-5;3*1-4(2,3)5;/h1-4H,7H2;3*5H,1-3H3;/q4*-1;+4. The van der Waals surface area contributed by atoms with Crippen molar-refractivity contribution in [3.63, 3.8) is 0 Å². The van der Waals surface area contributed by atoms with Crippen molar-refractivity contribution in [1.82, 2.24) is 0 Å². The predicted molar refractivity (Wildman–Crippen MR) is 104 cm³/mol. The quantitative estimate of drug-likeness (QED) is 0.322. The molecule has 1 aromatic carbocycles. The summed E-state index contributed by atoms with van der Waals surface area (Å²) in [6.45, 7) is 16.7. The molecule has 0 aliphatic heterocycles. The average molecular weight is 553 g/mol. The van der Waals surface area contributed by atoms with Gasteiger partial charge < -0.3 is 17.2 Å². The van der Waals surface area contributed by atoms with Crippen molar-refractivity contribution < 1.29 is 29.3 Å². The molecule has 0 bridgehead atoms. The maximum absolute atomic E-state index is 11.7. The Bertz CT molecular complexity index is 290. The van der Waals surface area contributed by atoms with Crippen molar-refractivity contribution in [2.45, 2.75) is 78.9 Å². The van der Waals surface area contributed by atoms with Crippen LogP contribution in [0.5, 0.6) is 0 Å². The van der Waals surface area contributed by atoms with Gasteiger partial charge in [0.15, 0.2) is 0 Å². The van der Waals surface area contributed by atoms with E-state index in [0.29, 0.717) is 0 Å². The van der Waals surface area contributed by atoms with Crippen LogP contribution in [0, 0.1) is 0 Å². The smallest absolute Gasteiger partial charge is 4.00 e. The average Bonchev–Trinajstić information content (AvgIpc) is 2.60. The van der Waals surface area contributed by atoms with Crippen LogP contribution < -0.4 is 4.40 Å². The van der Waals surface area contributed by atoms with E-state index in [4.69, 9.17) is 17.2 Å². The van der Waals surface area contributed by atoms with Crippen LogP contribution in [0.1, 0.15) is 62.3 Å². The third-order valence-corrected chi connectivity index (χ3v) is 2.52. The van der Waals surface area contributed by atoms with E-state index in [-0.39, 0.29) is 42.5 Å². The fraction of sp³-hybridized carbons (Fsp3) is 0.706. The van der Waals surface area contributed by atoms with E-state index in [1.165, 1.54) is 0 Å². The first kappa shape index (κ1) is 31.4. The van der Waals surface area contributed by atoms with Crippen LogP contribution in [0.3, 0.4) is 0 Å². The monoisotopic (exact) mass is 555 g/mol. The van der Waals surface area contributed by atoms with Crippen molar-refractivity contribution in [3.8, 4) is 0 Å². The van der Waals surface area contributed by atoms with Crippen molar-refractivity contribution in [1.29, 1.82) is 0 Å². The molecule has 0 amide bonds. The molecule has 0 heterocycles. The molecule has 0 radical (unpaired) electrons. The first-order chi connectivity index (χ1) is 9.43.